The summed E-state index contributed by atoms with van der Waals surface area (Å²) in [6, 6.07) is 14.9. The number of halogens is 3. The van der Waals surface area contributed by atoms with Gasteiger partial charge in [-0.3, -0.25) is 0 Å². The number of hydrogen-bond donors (Lipinski definition) is 0. The molecule has 0 N–H and O–H groups in total. The number of benzene rings is 2. The van der Waals surface area contributed by atoms with E-state index in [0.29, 0.717) is 16.9 Å². The quantitative estimate of drug-likeness (QED) is 0.543. The number of nitrogens with zero attached hydrogens (tertiary/aromatic N) is 3. The van der Waals surface area contributed by atoms with Gasteiger partial charge < -0.3 is 9.47 Å². The van der Waals surface area contributed by atoms with Gasteiger partial charge in [-0.05, 0) is 18.2 Å². The molecule has 0 unspecified atom stereocenters. The maximum Gasteiger partial charge on any atom is 0.573 e. The predicted octanol–water partition coefficient (Wildman–Crippen LogP) is 4.36. The molecule has 132 valence electrons. The highest BCUT2D eigenvalue weighted by Gasteiger charge is 2.32. The summed E-state index contributed by atoms with van der Waals surface area (Å²) in [5.74, 6) is 0.0187. The molecule has 26 heavy (non-hydrogen) atoms. The molecule has 0 bridgehead atoms. The number of rotatable bonds is 4. The smallest absolute Gasteiger partial charge is 0.472 e. The van der Waals surface area contributed by atoms with Gasteiger partial charge in [0.2, 0.25) is 5.88 Å². The minimum atomic E-state index is -4.77. The van der Waals surface area contributed by atoms with Crippen LogP contribution in [0.15, 0.2) is 60.8 Å². The molecule has 0 spiro atoms. The molecule has 0 radical (unpaired) electrons. The molecule has 4 rings (SSSR count). The average Bonchev–Trinajstić information content (AvgIpc) is 3.08. The molecule has 0 aliphatic heterocycles. The summed E-state index contributed by atoms with van der Waals surface area (Å²) >= 11 is 0. The summed E-state index contributed by atoms with van der Waals surface area (Å²) in [5, 5.41) is 4.92. The van der Waals surface area contributed by atoms with Gasteiger partial charge in [-0.15, -0.1) is 13.2 Å². The van der Waals surface area contributed by atoms with Crippen LogP contribution in [0.5, 0.6) is 11.6 Å². The van der Waals surface area contributed by atoms with Crippen LogP contribution < -0.4 is 9.47 Å². The topological polar surface area (TPSA) is 48.7 Å². The fourth-order valence-corrected chi connectivity index (χ4v) is 2.67. The van der Waals surface area contributed by atoms with Crippen molar-refractivity contribution in [3.05, 3.63) is 66.4 Å². The maximum absolute atomic E-state index is 12.5. The standard InChI is InChI=1S/C18H12F3N3O2/c19-18(20,21)26-15-8-4-1-5-12(15)11-25-17-13-6-2-3-7-14(13)24-16(23-17)9-10-22-24/h1-10H,11H2. The Morgan fingerprint density at radius 3 is 2.58 bits per heavy atom. The number of alkyl halides is 3. The molecule has 0 saturated heterocycles. The molecule has 4 aromatic rings. The fourth-order valence-electron chi connectivity index (χ4n) is 2.67. The van der Waals surface area contributed by atoms with E-state index in [2.05, 4.69) is 14.8 Å². The summed E-state index contributed by atoms with van der Waals surface area (Å²) in [7, 11) is 0. The van der Waals surface area contributed by atoms with Crippen LogP contribution in [0.1, 0.15) is 5.56 Å². The van der Waals surface area contributed by atoms with Crippen molar-refractivity contribution in [3.63, 3.8) is 0 Å². The molecule has 5 nitrogen and oxygen atoms in total. The second-order valence-corrected chi connectivity index (χ2v) is 5.48. The van der Waals surface area contributed by atoms with Gasteiger partial charge in [-0.1, -0.05) is 30.3 Å². The number of hydrogen-bond acceptors (Lipinski definition) is 4. The molecular formula is C18H12F3N3O2. The minimum absolute atomic E-state index is 0.118. The van der Waals surface area contributed by atoms with Gasteiger partial charge in [0.1, 0.15) is 12.4 Å². The van der Waals surface area contributed by atoms with E-state index in [4.69, 9.17) is 4.74 Å². The van der Waals surface area contributed by atoms with E-state index in [0.717, 1.165) is 5.52 Å². The molecular weight excluding hydrogens is 347 g/mol. The molecule has 0 fully saturated rings. The maximum atomic E-state index is 12.5. The molecule has 2 aromatic carbocycles. The van der Waals surface area contributed by atoms with E-state index >= 15 is 0 Å². The van der Waals surface area contributed by atoms with Crippen LogP contribution in [0.4, 0.5) is 13.2 Å². The average molecular weight is 359 g/mol. The van der Waals surface area contributed by atoms with Crippen molar-refractivity contribution >= 4 is 16.6 Å². The first-order valence-corrected chi connectivity index (χ1v) is 7.70. The van der Waals surface area contributed by atoms with Gasteiger partial charge in [0.05, 0.1) is 17.1 Å². The second kappa shape index (κ2) is 6.21. The van der Waals surface area contributed by atoms with Crippen LogP contribution in [0, 0.1) is 0 Å². The third-order valence-electron chi connectivity index (χ3n) is 3.76. The number of ether oxygens (including phenoxy) is 2. The summed E-state index contributed by atoms with van der Waals surface area (Å²) in [4.78, 5) is 4.40. The van der Waals surface area contributed by atoms with E-state index in [1.54, 1.807) is 22.8 Å². The first-order valence-electron chi connectivity index (χ1n) is 7.70. The lowest BCUT2D eigenvalue weighted by Gasteiger charge is -2.14. The fraction of sp³-hybridized carbons (Fsp3) is 0.111. The summed E-state index contributed by atoms with van der Waals surface area (Å²) in [6.45, 7) is -0.118. The van der Waals surface area contributed by atoms with Crippen molar-refractivity contribution < 1.29 is 22.6 Å². The zero-order valence-corrected chi connectivity index (χ0v) is 13.3. The van der Waals surface area contributed by atoms with Crippen molar-refractivity contribution in [2.45, 2.75) is 13.0 Å². The van der Waals surface area contributed by atoms with Crippen LogP contribution in [-0.4, -0.2) is 21.0 Å². The minimum Gasteiger partial charge on any atom is -0.472 e. The lowest BCUT2D eigenvalue weighted by atomic mass is 10.2. The highest BCUT2D eigenvalue weighted by Crippen LogP contribution is 2.29. The van der Waals surface area contributed by atoms with Crippen molar-refractivity contribution in [2.75, 3.05) is 0 Å². The molecule has 0 aliphatic rings. The highest BCUT2D eigenvalue weighted by atomic mass is 19.4. The highest BCUT2D eigenvalue weighted by molar-refractivity contribution is 5.85. The number of aromatic nitrogens is 3. The third-order valence-corrected chi connectivity index (χ3v) is 3.76. The van der Waals surface area contributed by atoms with Gasteiger partial charge >= 0.3 is 6.36 Å². The lowest BCUT2D eigenvalue weighted by molar-refractivity contribution is -0.275. The van der Waals surface area contributed by atoms with Gasteiger partial charge in [0.25, 0.3) is 0 Å². The Labute approximate surface area is 145 Å². The molecule has 0 amide bonds. The number of fused-ring (bicyclic) bond motifs is 3. The van der Waals surface area contributed by atoms with Gasteiger partial charge in [0, 0.05) is 11.6 Å². The Balaban J connectivity index is 1.68. The molecule has 0 saturated carbocycles. The Morgan fingerprint density at radius 1 is 0.962 bits per heavy atom. The zero-order chi connectivity index (χ0) is 18.1. The molecule has 2 aromatic heterocycles. The summed E-state index contributed by atoms with van der Waals surface area (Å²) in [5.41, 5.74) is 1.64. The van der Waals surface area contributed by atoms with Gasteiger partial charge in [-0.2, -0.15) is 10.1 Å². The van der Waals surface area contributed by atoms with Crippen molar-refractivity contribution in [1.29, 1.82) is 0 Å². The van der Waals surface area contributed by atoms with Crippen LogP contribution in [-0.2, 0) is 6.61 Å². The predicted molar refractivity (Wildman–Crippen MR) is 88.0 cm³/mol. The normalized spacial score (nSPS) is 11.8. The molecule has 8 heteroatoms. The molecule has 2 heterocycles. The first-order chi connectivity index (χ1) is 12.5. The SMILES string of the molecule is FC(F)(F)Oc1ccccc1COc1nc2ccnn2c2ccccc12. The Bertz CT molecular complexity index is 1080. The Morgan fingerprint density at radius 2 is 1.73 bits per heavy atom. The van der Waals surface area contributed by atoms with Crippen molar-refractivity contribution in [1.82, 2.24) is 14.6 Å². The monoisotopic (exact) mass is 359 g/mol. The summed E-state index contributed by atoms with van der Waals surface area (Å²) in [6.07, 6.45) is -3.15. The lowest BCUT2D eigenvalue weighted by Crippen LogP contribution is -2.18. The Hall–Kier alpha value is -3.29. The van der Waals surface area contributed by atoms with Gasteiger partial charge in [0.15, 0.2) is 5.65 Å². The van der Waals surface area contributed by atoms with E-state index in [-0.39, 0.29) is 17.9 Å². The first kappa shape index (κ1) is 16.2. The van der Waals surface area contributed by atoms with E-state index < -0.39 is 6.36 Å². The number of para-hydroxylation sites is 2. The largest absolute Gasteiger partial charge is 0.573 e. The van der Waals surface area contributed by atoms with Crippen LogP contribution >= 0.6 is 0 Å². The van der Waals surface area contributed by atoms with Crippen LogP contribution in [0.25, 0.3) is 16.6 Å². The van der Waals surface area contributed by atoms with Gasteiger partial charge in [-0.25, -0.2) is 4.52 Å². The van der Waals surface area contributed by atoms with Crippen molar-refractivity contribution in [2.24, 2.45) is 0 Å². The zero-order valence-electron chi connectivity index (χ0n) is 13.3. The summed E-state index contributed by atoms with van der Waals surface area (Å²) < 4.78 is 49.1. The van der Waals surface area contributed by atoms with Crippen LogP contribution in [0.3, 0.4) is 0 Å². The molecule has 0 aliphatic carbocycles. The van der Waals surface area contributed by atoms with E-state index in [9.17, 15) is 13.2 Å². The molecule has 0 atom stereocenters. The van der Waals surface area contributed by atoms with Crippen LogP contribution in [0.2, 0.25) is 0 Å². The van der Waals surface area contributed by atoms with E-state index in [1.165, 1.54) is 18.2 Å². The Kier molecular flexibility index (Phi) is 3.87. The third kappa shape index (κ3) is 3.13. The van der Waals surface area contributed by atoms with Crippen molar-refractivity contribution in [3.8, 4) is 11.6 Å². The second-order valence-electron chi connectivity index (χ2n) is 5.48. The van der Waals surface area contributed by atoms with E-state index in [1.807, 2.05) is 24.3 Å².